The number of aliphatic hydroxyl groups excluding tert-OH is 2. The van der Waals surface area contributed by atoms with Crippen molar-refractivity contribution in [3.05, 3.63) is 41.0 Å². The van der Waals surface area contributed by atoms with Crippen molar-refractivity contribution in [2.45, 2.75) is 19.1 Å². The zero-order valence-electron chi connectivity index (χ0n) is 10.8. The minimum atomic E-state index is -1.08. The first-order chi connectivity index (χ1) is 9.49. The van der Waals surface area contributed by atoms with Gasteiger partial charge in [-0.3, -0.25) is 9.78 Å². The molecule has 0 saturated carbocycles. The van der Waals surface area contributed by atoms with E-state index in [4.69, 9.17) is 11.6 Å². The van der Waals surface area contributed by atoms with Gasteiger partial charge in [0.25, 0.3) is 0 Å². The SMILES string of the molecule is CC(=O)SCC(O)C(O)c1ccnc2cc(Cl)ccc12. The van der Waals surface area contributed by atoms with Gasteiger partial charge >= 0.3 is 0 Å². The van der Waals surface area contributed by atoms with Crippen molar-refractivity contribution in [2.75, 3.05) is 5.75 Å². The molecule has 0 radical (unpaired) electrons. The Kier molecular flexibility index (Phi) is 4.99. The predicted molar refractivity (Wildman–Crippen MR) is 80.9 cm³/mol. The third-order valence-electron chi connectivity index (χ3n) is 2.88. The molecule has 4 nitrogen and oxygen atoms in total. The van der Waals surface area contributed by atoms with E-state index < -0.39 is 12.2 Å². The molecule has 6 heteroatoms. The highest BCUT2D eigenvalue weighted by Gasteiger charge is 2.21. The standard InChI is InChI=1S/C14H14ClNO3S/c1-8(17)20-7-13(18)14(19)11-4-5-16-12-6-9(15)2-3-10(11)12/h2-6,13-14,18-19H,7H2,1H3. The number of pyridine rings is 1. The summed E-state index contributed by atoms with van der Waals surface area (Å²) < 4.78 is 0. The number of halogens is 1. The smallest absolute Gasteiger partial charge is 0.185 e. The van der Waals surface area contributed by atoms with Gasteiger partial charge in [-0.1, -0.05) is 29.4 Å². The zero-order chi connectivity index (χ0) is 14.7. The average Bonchev–Trinajstić information content (AvgIpc) is 2.42. The van der Waals surface area contributed by atoms with Gasteiger partial charge in [-0.25, -0.2) is 0 Å². The molecule has 2 N–H and O–H groups in total. The molecular formula is C14H14ClNO3S. The largest absolute Gasteiger partial charge is 0.389 e. The molecule has 1 aromatic carbocycles. The van der Waals surface area contributed by atoms with Crippen LogP contribution in [0.3, 0.4) is 0 Å². The highest BCUT2D eigenvalue weighted by molar-refractivity contribution is 8.13. The molecule has 0 bridgehead atoms. The Morgan fingerprint density at radius 3 is 2.85 bits per heavy atom. The summed E-state index contributed by atoms with van der Waals surface area (Å²) in [6.07, 6.45) is -0.541. The van der Waals surface area contributed by atoms with Gasteiger partial charge in [-0.15, -0.1) is 0 Å². The van der Waals surface area contributed by atoms with Crippen LogP contribution in [0.2, 0.25) is 5.02 Å². The van der Waals surface area contributed by atoms with Crippen LogP contribution in [-0.2, 0) is 4.79 Å². The predicted octanol–water partition coefficient (Wildman–Crippen LogP) is 2.56. The summed E-state index contributed by atoms with van der Waals surface area (Å²) in [7, 11) is 0. The molecule has 0 aliphatic heterocycles. The Labute approximate surface area is 125 Å². The van der Waals surface area contributed by atoms with Crippen molar-refractivity contribution < 1.29 is 15.0 Å². The number of benzene rings is 1. The highest BCUT2D eigenvalue weighted by atomic mass is 35.5. The lowest BCUT2D eigenvalue weighted by Gasteiger charge is -2.18. The van der Waals surface area contributed by atoms with Crippen molar-refractivity contribution in [1.82, 2.24) is 4.98 Å². The number of carbonyl (C=O) groups excluding carboxylic acids is 1. The lowest BCUT2D eigenvalue weighted by Crippen LogP contribution is -2.21. The van der Waals surface area contributed by atoms with E-state index in [9.17, 15) is 15.0 Å². The second-order valence-electron chi connectivity index (χ2n) is 4.38. The highest BCUT2D eigenvalue weighted by Crippen LogP contribution is 2.28. The minimum absolute atomic E-state index is 0.0948. The van der Waals surface area contributed by atoms with Crippen LogP contribution in [0.25, 0.3) is 10.9 Å². The van der Waals surface area contributed by atoms with E-state index in [0.717, 1.165) is 17.1 Å². The monoisotopic (exact) mass is 311 g/mol. The number of fused-ring (bicyclic) bond motifs is 1. The molecule has 0 fully saturated rings. The maximum atomic E-state index is 10.9. The fraction of sp³-hybridized carbons (Fsp3) is 0.286. The first-order valence-corrected chi connectivity index (χ1v) is 7.39. The second kappa shape index (κ2) is 6.54. The van der Waals surface area contributed by atoms with E-state index in [1.807, 2.05) is 0 Å². The van der Waals surface area contributed by atoms with Crippen molar-refractivity contribution in [2.24, 2.45) is 0 Å². The fourth-order valence-electron chi connectivity index (χ4n) is 1.90. The topological polar surface area (TPSA) is 70.4 Å². The maximum absolute atomic E-state index is 10.9. The van der Waals surface area contributed by atoms with Crippen LogP contribution in [0.5, 0.6) is 0 Å². The Balaban J connectivity index is 2.29. The molecule has 2 aromatic rings. The van der Waals surface area contributed by atoms with Crippen molar-refractivity contribution in [1.29, 1.82) is 0 Å². The van der Waals surface area contributed by atoms with Crippen LogP contribution in [0.1, 0.15) is 18.6 Å². The third kappa shape index (κ3) is 3.49. The quantitative estimate of drug-likeness (QED) is 0.908. The van der Waals surface area contributed by atoms with Crippen LogP contribution in [-0.4, -0.2) is 32.2 Å². The molecule has 0 spiro atoms. The molecule has 106 valence electrons. The molecule has 20 heavy (non-hydrogen) atoms. The molecule has 1 heterocycles. The maximum Gasteiger partial charge on any atom is 0.185 e. The summed E-state index contributed by atoms with van der Waals surface area (Å²) in [4.78, 5) is 15.1. The van der Waals surface area contributed by atoms with Crippen LogP contribution in [0.15, 0.2) is 30.5 Å². The van der Waals surface area contributed by atoms with E-state index in [2.05, 4.69) is 4.98 Å². The van der Waals surface area contributed by atoms with Crippen molar-refractivity contribution in [3.63, 3.8) is 0 Å². The van der Waals surface area contributed by atoms with Gasteiger partial charge in [0.05, 0.1) is 11.6 Å². The van der Waals surface area contributed by atoms with Gasteiger partial charge in [-0.2, -0.15) is 0 Å². The summed E-state index contributed by atoms with van der Waals surface area (Å²) >= 11 is 6.89. The molecule has 0 saturated heterocycles. The number of nitrogens with zero attached hydrogens (tertiary/aromatic N) is 1. The molecule has 0 amide bonds. The van der Waals surface area contributed by atoms with Gasteiger partial charge in [0.15, 0.2) is 5.12 Å². The molecule has 2 rings (SSSR count). The summed E-state index contributed by atoms with van der Waals surface area (Å²) in [5, 5.41) is 21.4. The summed E-state index contributed by atoms with van der Waals surface area (Å²) in [6, 6.07) is 6.82. The Morgan fingerprint density at radius 1 is 1.40 bits per heavy atom. The number of hydrogen-bond acceptors (Lipinski definition) is 5. The Hall–Kier alpha value is -1.14. The number of aromatic nitrogens is 1. The van der Waals surface area contributed by atoms with Gasteiger partial charge < -0.3 is 10.2 Å². The molecule has 0 aliphatic rings. The molecule has 1 aromatic heterocycles. The van der Waals surface area contributed by atoms with E-state index in [1.165, 1.54) is 6.92 Å². The lowest BCUT2D eigenvalue weighted by atomic mass is 10.0. The number of hydrogen-bond donors (Lipinski definition) is 2. The first-order valence-electron chi connectivity index (χ1n) is 6.02. The van der Waals surface area contributed by atoms with Crippen LogP contribution in [0.4, 0.5) is 0 Å². The van der Waals surface area contributed by atoms with E-state index >= 15 is 0 Å². The van der Waals surface area contributed by atoms with Gasteiger partial charge in [0.2, 0.25) is 0 Å². The van der Waals surface area contributed by atoms with E-state index in [1.54, 1.807) is 30.5 Å². The van der Waals surface area contributed by atoms with Gasteiger partial charge in [0.1, 0.15) is 6.10 Å². The van der Waals surface area contributed by atoms with E-state index in [-0.39, 0.29) is 10.9 Å². The Morgan fingerprint density at radius 2 is 2.15 bits per heavy atom. The third-order valence-corrected chi connectivity index (χ3v) is 4.03. The zero-order valence-corrected chi connectivity index (χ0v) is 12.4. The first kappa shape index (κ1) is 15.3. The van der Waals surface area contributed by atoms with Gasteiger partial charge in [-0.05, 0) is 23.8 Å². The summed E-state index contributed by atoms with van der Waals surface area (Å²) in [5.74, 6) is 0.147. The number of carbonyl (C=O) groups is 1. The van der Waals surface area contributed by atoms with E-state index in [0.29, 0.717) is 16.1 Å². The van der Waals surface area contributed by atoms with Crippen LogP contribution < -0.4 is 0 Å². The molecule has 2 unspecified atom stereocenters. The Bertz CT molecular complexity index is 635. The second-order valence-corrected chi connectivity index (χ2v) is 6.01. The normalized spacial score (nSPS) is 14.2. The van der Waals surface area contributed by atoms with Crippen molar-refractivity contribution >= 4 is 39.4 Å². The van der Waals surface area contributed by atoms with Crippen LogP contribution >= 0.6 is 23.4 Å². The molecular weight excluding hydrogens is 298 g/mol. The lowest BCUT2D eigenvalue weighted by molar-refractivity contribution is -0.109. The minimum Gasteiger partial charge on any atom is -0.389 e. The molecule has 0 aliphatic carbocycles. The summed E-state index contributed by atoms with van der Waals surface area (Å²) in [5.41, 5.74) is 1.23. The van der Waals surface area contributed by atoms with Gasteiger partial charge in [0, 0.05) is 29.3 Å². The number of thioether (sulfide) groups is 1. The molecule has 2 atom stereocenters. The van der Waals surface area contributed by atoms with Crippen molar-refractivity contribution in [3.8, 4) is 0 Å². The number of rotatable bonds is 4. The summed E-state index contributed by atoms with van der Waals surface area (Å²) in [6.45, 7) is 1.42. The fourth-order valence-corrected chi connectivity index (χ4v) is 2.66. The van der Waals surface area contributed by atoms with Crippen LogP contribution in [0, 0.1) is 0 Å². The number of aliphatic hydroxyl groups is 2. The average molecular weight is 312 g/mol.